The Morgan fingerprint density at radius 3 is 2.50 bits per heavy atom. The number of ether oxygens (including phenoxy) is 1. The van der Waals surface area contributed by atoms with Crippen molar-refractivity contribution in [3.05, 3.63) is 46.3 Å². The van der Waals surface area contributed by atoms with Gasteiger partial charge in [-0.05, 0) is 26.3 Å². The second-order valence-corrected chi connectivity index (χ2v) is 7.16. The van der Waals surface area contributed by atoms with Gasteiger partial charge in [-0.25, -0.2) is 14.7 Å². The summed E-state index contributed by atoms with van der Waals surface area (Å²) in [4.78, 5) is 28.8. The minimum absolute atomic E-state index is 0.294. The van der Waals surface area contributed by atoms with Gasteiger partial charge in [0.2, 0.25) is 0 Å². The molecule has 7 heteroatoms. The number of aromatic nitrogens is 1. The maximum Gasteiger partial charge on any atom is 0.416 e. The zero-order chi connectivity index (χ0) is 17.7. The Balaban J connectivity index is 2.18. The molecule has 0 unspecified atom stereocenters. The van der Waals surface area contributed by atoms with E-state index in [1.807, 2.05) is 30.3 Å². The molecule has 0 aliphatic rings. The number of benzene rings is 1. The summed E-state index contributed by atoms with van der Waals surface area (Å²) < 4.78 is 5.27. The molecular formula is C17H20N2O4S. The van der Waals surface area contributed by atoms with Crippen molar-refractivity contribution >= 4 is 29.2 Å². The summed E-state index contributed by atoms with van der Waals surface area (Å²) in [6.45, 7) is 4.69. The van der Waals surface area contributed by atoms with Gasteiger partial charge in [0.15, 0.2) is 0 Å². The molecule has 1 aromatic heterocycles. The standard InChI is InChI=1S/C17H20N2O4S/c1-17(2,3)23-16(22)19(10-15(20)21)13-11-24-14(18-13)9-12-7-5-4-6-8-12/h4-8,11H,9-10H2,1-3H3,(H,20,21). The second kappa shape index (κ2) is 7.44. The van der Waals surface area contributed by atoms with Gasteiger partial charge in [0.05, 0.1) is 5.01 Å². The highest BCUT2D eigenvalue weighted by Gasteiger charge is 2.27. The molecule has 0 aliphatic heterocycles. The molecule has 2 aromatic rings. The first-order valence-electron chi connectivity index (χ1n) is 7.45. The number of carboxylic acid groups (broad SMARTS) is 1. The van der Waals surface area contributed by atoms with Gasteiger partial charge in [0.25, 0.3) is 0 Å². The number of carboxylic acids is 1. The van der Waals surface area contributed by atoms with E-state index in [2.05, 4.69) is 4.98 Å². The van der Waals surface area contributed by atoms with Crippen LogP contribution in [-0.4, -0.2) is 34.3 Å². The first-order valence-corrected chi connectivity index (χ1v) is 8.33. The molecule has 0 radical (unpaired) electrons. The number of nitrogens with zero attached hydrogens (tertiary/aromatic N) is 2. The molecule has 0 aliphatic carbocycles. The second-order valence-electron chi connectivity index (χ2n) is 6.22. The predicted molar refractivity (Wildman–Crippen MR) is 92.6 cm³/mol. The van der Waals surface area contributed by atoms with Crippen molar-refractivity contribution in [2.45, 2.75) is 32.8 Å². The van der Waals surface area contributed by atoms with E-state index in [0.29, 0.717) is 12.2 Å². The van der Waals surface area contributed by atoms with Gasteiger partial charge in [-0.15, -0.1) is 11.3 Å². The number of carbonyl (C=O) groups excluding carboxylic acids is 1. The summed E-state index contributed by atoms with van der Waals surface area (Å²) in [5.41, 5.74) is 0.386. The average molecular weight is 348 g/mol. The highest BCUT2D eigenvalue weighted by atomic mass is 32.1. The first kappa shape index (κ1) is 17.9. The van der Waals surface area contributed by atoms with E-state index in [0.717, 1.165) is 15.5 Å². The van der Waals surface area contributed by atoms with Crippen LogP contribution in [0, 0.1) is 0 Å². The zero-order valence-electron chi connectivity index (χ0n) is 13.9. The quantitative estimate of drug-likeness (QED) is 0.894. The summed E-state index contributed by atoms with van der Waals surface area (Å²) in [5.74, 6) is -0.832. The molecule has 6 nitrogen and oxygen atoms in total. The largest absolute Gasteiger partial charge is 0.480 e. The van der Waals surface area contributed by atoms with E-state index in [-0.39, 0.29) is 0 Å². The summed E-state index contributed by atoms with van der Waals surface area (Å²) in [5, 5.41) is 11.5. The van der Waals surface area contributed by atoms with Crippen LogP contribution in [-0.2, 0) is 16.0 Å². The number of aliphatic carboxylic acids is 1. The summed E-state index contributed by atoms with van der Waals surface area (Å²) in [6.07, 6.45) is -0.0951. The SMILES string of the molecule is CC(C)(C)OC(=O)N(CC(=O)O)c1csc(Cc2ccccc2)n1. The molecule has 0 saturated carbocycles. The van der Waals surface area contributed by atoms with E-state index in [4.69, 9.17) is 9.84 Å². The molecule has 24 heavy (non-hydrogen) atoms. The molecule has 0 fully saturated rings. The first-order chi connectivity index (χ1) is 11.2. The lowest BCUT2D eigenvalue weighted by atomic mass is 10.2. The minimum atomic E-state index is -1.13. The molecule has 0 atom stereocenters. The number of carbonyl (C=O) groups is 2. The van der Waals surface area contributed by atoms with Crippen LogP contribution in [0.2, 0.25) is 0 Å². The maximum atomic E-state index is 12.3. The Morgan fingerprint density at radius 2 is 1.92 bits per heavy atom. The van der Waals surface area contributed by atoms with Crippen molar-refractivity contribution in [2.75, 3.05) is 11.4 Å². The van der Waals surface area contributed by atoms with E-state index in [1.165, 1.54) is 11.3 Å². The van der Waals surface area contributed by atoms with E-state index < -0.39 is 24.2 Å². The van der Waals surface area contributed by atoms with Crippen LogP contribution < -0.4 is 4.90 Å². The average Bonchev–Trinajstić information content (AvgIpc) is 2.92. The van der Waals surface area contributed by atoms with Crippen molar-refractivity contribution in [2.24, 2.45) is 0 Å². The van der Waals surface area contributed by atoms with Gasteiger partial charge in [-0.3, -0.25) is 4.79 Å². The van der Waals surface area contributed by atoms with Crippen molar-refractivity contribution in [3.63, 3.8) is 0 Å². The Hall–Kier alpha value is -2.41. The molecular weight excluding hydrogens is 328 g/mol. The van der Waals surface area contributed by atoms with Crippen LogP contribution in [0.25, 0.3) is 0 Å². The van der Waals surface area contributed by atoms with Gasteiger partial charge in [0.1, 0.15) is 18.0 Å². The lowest BCUT2D eigenvalue weighted by molar-refractivity contribution is -0.135. The fourth-order valence-electron chi connectivity index (χ4n) is 1.97. The van der Waals surface area contributed by atoms with Gasteiger partial charge < -0.3 is 9.84 Å². The molecule has 2 rings (SSSR count). The van der Waals surface area contributed by atoms with Gasteiger partial charge in [0, 0.05) is 11.8 Å². The van der Waals surface area contributed by atoms with E-state index >= 15 is 0 Å². The number of hydrogen-bond acceptors (Lipinski definition) is 5. The van der Waals surface area contributed by atoms with Crippen molar-refractivity contribution in [1.29, 1.82) is 0 Å². The van der Waals surface area contributed by atoms with Gasteiger partial charge in [-0.2, -0.15) is 0 Å². The lowest BCUT2D eigenvalue weighted by Gasteiger charge is -2.25. The normalized spacial score (nSPS) is 11.1. The fourth-order valence-corrected chi connectivity index (χ4v) is 2.79. The van der Waals surface area contributed by atoms with Crippen molar-refractivity contribution < 1.29 is 19.4 Å². The van der Waals surface area contributed by atoms with Crippen LogP contribution in [0.4, 0.5) is 10.6 Å². The Morgan fingerprint density at radius 1 is 1.25 bits per heavy atom. The zero-order valence-corrected chi connectivity index (χ0v) is 14.7. The molecule has 1 N–H and O–H groups in total. The molecule has 0 spiro atoms. The van der Waals surface area contributed by atoms with E-state index in [9.17, 15) is 9.59 Å². The lowest BCUT2D eigenvalue weighted by Crippen LogP contribution is -2.40. The molecule has 1 heterocycles. The smallest absolute Gasteiger partial charge is 0.416 e. The van der Waals surface area contributed by atoms with Crippen molar-refractivity contribution in [3.8, 4) is 0 Å². The monoisotopic (exact) mass is 348 g/mol. The molecule has 0 saturated heterocycles. The van der Waals surface area contributed by atoms with E-state index in [1.54, 1.807) is 26.2 Å². The highest BCUT2D eigenvalue weighted by molar-refractivity contribution is 7.10. The Bertz CT molecular complexity index is 707. The molecule has 1 aromatic carbocycles. The number of hydrogen-bond donors (Lipinski definition) is 1. The predicted octanol–water partition coefficient (Wildman–Crippen LogP) is 3.56. The maximum absolute atomic E-state index is 12.3. The number of amides is 1. The summed E-state index contributed by atoms with van der Waals surface area (Å²) in [6, 6.07) is 9.81. The van der Waals surface area contributed by atoms with Crippen LogP contribution in [0.3, 0.4) is 0 Å². The summed E-state index contributed by atoms with van der Waals surface area (Å²) in [7, 11) is 0. The van der Waals surface area contributed by atoms with Gasteiger partial charge >= 0.3 is 12.1 Å². The third kappa shape index (κ3) is 5.34. The Labute approximate surface area is 144 Å². The summed E-state index contributed by atoms with van der Waals surface area (Å²) >= 11 is 1.38. The number of anilines is 1. The third-order valence-corrected chi connectivity index (χ3v) is 3.76. The van der Waals surface area contributed by atoms with Crippen LogP contribution >= 0.6 is 11.3 Å². The van der Waals surface area contributed by atoms with Crippen LogP contribution in [0.1, 0.15) is 31.3 Å². The molecule has 1 amide bonds. The fraction of sp³-hybridized carbons (Fsp3) is 0.353. The molecule has 128 valence electrons. The topological polar surface area (TPSA) is 79.7 Å². The van der Waals surface area contributed by atoms with Crippen molar-refractivity contribution in [1.82, 2.24) is 4.98 Å². The number of rotatable bonds is 5. The Kier molecular flexibility index (Phi) is 5.56. The van der Waals surface area contributed by atoms with Crippen LogP contribution in [0.15, 0.2) is 35.7 Å². The minimum Gasteiger partial charge on any atom is -0.480 e. The third-order valence-electron chi connectivity index (χ3n) is 2.92. The van der Waals surface area contributed by atoms with Crippen LogP contribution in [0.5, 0.6) is 0 Å². The number of thiazole rings is 1. The van der Waals surface area contributed by atoms with Gasteiger partial charge in [-0.1, -0.05) is 30.3 Å². The highest BCUT2D eigenvalue weighted by Crippen LogP contribution is 2.23. The molecule has 0 bridgehead atoms.